The van der Waals surface area contributed by atoms with Crippen LogP contribution in [0.2, 0.25) is 0 Å². The van der Waals surface area contributed by atoms with Crippen LogP contribution in [0.25, 0.3) is 0 Å². The fourth-order valence-corrected chi connectivity index (χ4v) is 2.29. The van der Waals surface area contributed by atoms with Gasteiger partial charge in [-0.1, -0.05) is 26.8 Å². The van der Waals surface area contributed by atoms with E-state index in [9.17, 15) is 14.4 Å². The largest absolute Gasteiger partial charge is 0.345 e. The van der Waals surface area contributed by atoms with Crippen molar-refractivity contribution in [3.8, 4) is 0 Å². The van der Waals surface area contributed by atoms with Crippen molar-refractivity contribution in [2.45, 2.75) is 32.7 Å². The minimum atomic E-state index is -0.389. The maximum absolute atomic E-state index is 12.3. The number of aromatic nitrogens is 2. The van der Waals surface area contributed by atoms with Crippen molar-refractivity contribution < 1.29 is 9.59 Å². The Morgan fingerprint density at radius 3 is 2.46 bits per heavy atom. The van der Waals surface area contributed by atoms with E-state index in [1.807, 2.05) is 20.8 Å². The highest BCUT2D eigenvalue weighted by molar-refractivity contribution is 5.96. The zero-order chi connectivity index (χ0) is 19.5. The van der Waals surface area contributed by atoms with Gasteiger partial charge in [0, 0.05) is 36.8 Å². The minimum Gasteiger partial charge on any atom is -0.345 e. The second-order valence-electron chi connectivity index (χ2n) is 7.29. The lowest BCUT2D eigenvalue weighted by atomic mass is 9.92. The number of nitrogens with zero attached hydrogens (tertiary/aromatic N) is 3. The molecule has 138 valence electrons. The molecule has 0 spiro atoms. The molecule has 0 saturated heterocycles. The Balaban J connectivity index is 2.16. The van der Waals surface area contributed by atoms with E-state index < -0.39 is 0 Å². The van der Waals surface area contributed by atoms with Gasteiger partial charge in [-0.05, 0) is 24.3 Å². The Hall–Kier alpha value is -2.96. The Labute approximate surface area is 152 Å². The van der Waals surface area contributed by atoms with Gasteiger partial charge in [-0.15, -0.1) is 0 Å². The molecule has 2 amide bonds. The molecule has 26 heavy (non-hydrogen) atoms. The summed E-state index contributed by atoms with van der Waals surface area (Å²) in [6.45, 7) is 5.75. The second-order valence-corrected chi connectivity index (χ2v) is 7.29. The first-order valence-electron chi connectivity index (χ1n) is 8.28. The van der Waals surface area contributed by atoms with Crippen LogP contribution < -0.4 is 10.9 Å². The molecule has 0 aliphatic carbocycles. The topological polar surface area (TPSA) is 84.3 Å². The van der Waals surface area contributed by atoms with E-state index >= 15 is 0 Å². The quantitative estimate of drug-likeness (QED) is 0.906. The molecule has 7 heteroatoms. The highest BCUT2D eigenvalue weighted by atomic mass is 16.2. The number of anilines is 1. The van der Waals surface area contributed by atoms with E-state index in [0.29, 0.717) is 11.3 Å². The van der Waals surface area contributed by atoms with Crippen molar-refractivity contribution in [3.63, 3.8) is 0 Å². The first-order valence-corrected chi connectivity index (χ1v) is 8.28. The molecule has 0 aliphatic heterocycles. The van der Waals surface area contributed by atoms with Gasteiger partial charge in [0.2, 0.25) is 5.91 Å². The monoisotopic (exact) mass is 356 g/mol. The predicted octanol–water partition coefficient (Wildman–Crippen LogP) is 1.88. The third kappa shape index (κ3) is 4.78. The normalized spacial score (nSPS) is 11.1. The van der Waals surface area contributed by atoms with Gasteiger partial charge >= 0.3 is 0 Å². The minimum absolute atomic E-state index is 0.156. The van der Waals surface area contributed by atoms with Gasteiger partial charge in [-0.25, -0.2) is 4.68 Å². The van der Waals surface area contributed by atoms with Gasteiger partial charge in [0.25, 0.3) is 11.5 Å². The van der Waals surface area contributed by atoms with Crippen molar-refractivity contribution in [2.75, 3.05) is 19.4 Å². The van der Waals surface area contributed by atoms with Gasteiger partial charge in [-0.3, -0.25) is 14.4 Å². The van der Waals surface area contributed by atoms with E-state index in [0.717, 1.165) is 10.4 Å². The molecular weight excluding hydrogens is 332 g/mol. The summed E-state index contributed by atoms with van der Waals surface area (Å²) in [7, 11) is 3.32. The summed E-state index contributed by atoms with van der Waals surface area (Å²) in [5, 5.41) is 6.98. The van der Waals surface area contributed by atoms with Crippen molar-refractivity contribution >= 4 is 17.5 Å². The van der Waals surface area contributed by atoms with E-state index in [-0.39, 0.29) is 29.3 Å². The molecule has 0 bridgehead atoms. The average molecular weight is 356 g/mol. The summed E-state index contributed by atoms with van der Waals surface area (Å²) in [4.78, 5) is 37.7. The molecule has 1 N–H and O–H groups in total. The first kappa shape index (κ1) is 19.4. The number of benzene rings is 1. The molecule has 2 rings (SSSR count). The summed E-state index contributed by atoms with van der Waals surface area (Å²) in [5.74, 6) is -0.544. The lowest BCUT2D eigenvalue weighted by Crippen LogP contribution is -2.31. The van der Waals surface area contributed by atoms with Crippen molar-refractivity contribution in [2.24, 2.45) is 0 Å². The first-order chi connectivity index (χ1) is 12.1. The summed E-state index contributed by atoms with van der Waals surface area (Å²) in [5.41, 5.74) is 1.11. The highest BCUT2D eigenvalue weighted by Gasteiger charge is 2.17. The Morgan fingerprint density at radius 1 is 1.15 bits per heavy atom. The van der Waals surface area contributed by atoms with Crippen LogP contribution in [0.3, 0.4) is 0 Å². The summed E-state index contributed by atoms with van der Waals surface area (Å²) < 4.78 is 1.14. The number of rotatable bonds is 4. The molecule has 7 nitrogen and oxygen atoms in total. The number of hydrogen-bond acceptors (Lipinski definition) is 4. The number of nitrogens with one attached hydrogen (secondary N) is 1. The lowest BCUT2D eigenvalue weighted by Gasteiger charge is -2.18. The van der Waals surface area contributed by atoms with Gasteiger partial charge in [-0.2, -0.15) is 5.10 Å². The Morgan fingerprint density at radius 2 is 1.85 bits per heavy atom. The molecule has 1 aromatic carbocycles. The van der Waals surface area contributed by atoms with Crippen molar-refractivity contribution in [3.05, 3.63) is 58.0 Å². The van der Waals surface area contributed by atoms with Crippen LogP contribution in [0.15, 0.2) is 41.2 Å². The SMILES string of the molecule is CN(C)C(=O)c1cccc(NC(=O)Cn2nc(C(C)(C)C)ccc2=O)c1. The molecule has 0 unspecified atom stereocenters. The fraction of sp³-hybridized carbons (Fsp3) is 0.368. The summed E-state index contributed by atoms with van der Waals surface area (Å²) in [6.07, 6.45) is 0. The van der Waals surface area contributed by atoms with Crippen molar-refractivity contribution in [1.82, 2.24) is 14.7 Å². The second kappa shape index (κ2) is 7.51. The summed E-state index contributed by atoms with van der Waals surface area (Å²) >= 11 is 0. The lowest BCUT2D eigenvalue weighted by molar-refractivity contribution is -0.117. The van der Waals surface area contributed by atoms with Gasteiger partial charge < -0.3 is 10.2 Å². The predicted molar refractivity (Wildman–Crippen MR) is 100 cm³/mol. The van der Waals surface area contributed by atoms with Gasteiger partial charge in [0.05, 0.1) is 5.69 Å². The van der Waals surface area contributed by atoms with Crippen LogP contribution in [-0.4, -0.2) is 40.6 Å². The van der Waals surface area contributed by atoms with Crippen LogP contribution in [0.5, 0.6) is 0 Å². The van der Waals surface area contributed by atoms with Gasteiger partial charge in [0.15, 0.2) is 0 Å². The molecule has 0 aliphatic rings. The molecular formula is C19H24N4O3. The van der Waals surface area contributed by atoms with Crippen LogP contribution >= 0.6 is 0 Å². The smallest absolute Gasteiger partial charge is 0.267 e. The third-order valence-electron chi connectivity index (χ3n) is 3.73. The van der Waals surface area contributed by atoms with E-state index in [1.165, 1.54) is 11.0 Å². The number of carbonyl (C=O) groups excluding carboxylic acids is 2. The van der Waals surface area contributed by atoms with E-state index in [1.54, 1.807) is 44.4 Å². The number of hydrogen-bond donors (Lipinski definition) is 1. The standard InChI is InChI=1S/C19H24N4O3/c1-19(2,3)15-9-10-17(25)23(21-15)12-16(24)20-14-8-6-7-13(11-14)18(26)22(4)5/h6-11H,12H2,1-5H3,(H,20,24). The zero-order valence-electron chi connectivity index (χ0n) is 15.7. The molecule has 0 atom stereocenters. The highest BCUT2D eigenvalue weighted by Crippen LogP contribution is 2.18. The molecule has 1 aromatic heterocycles. The summed E-state index contributed by atoms with van der Waals surface area (Å²) in [6, 6.07) is 9.74. The maximum Gasteiger partial charge on any atom is 0.267 e. The van der Waals surface area contributed by atoms with Crippen molar-refractivity contribution in [1.29, 1.82) is 0 Å². The van der Waals surface area contributed by atoms with Crippen LogP contribution in [0.1, 0.15) is 36.8 Å². The third-order valence-corrected chi connectivity index (χ3v) is 3.73. The van der Waals surface area contributed by atoms with E-state index in [2.05, 4.69) is 10.4 Å². The Bertz CT molecular complexity index is 879. The zero-order valence-corrected chi connectivity index (χ0v) is 15.7. The molecule has 0 saturated carbocycles. The van der Waals surface area contributed by atoms with Crippen LogP contribution in [0.4, 0.5) is 5.69 Å². The molecule has 2 aromatic rings. The van der Waals surface area contributed by atoms with Gasteiger partial charge in [0.1, 0.15) is 6.54 Å². The Kier molecular flexibility index (Phi) is 5.59. The molecule has 0 radical (unpaired) electrons. The molecule has 1 heterocycles. The number of carbonyl (C=O) groups is 2. The van der Waals surface area contributed by atoms with Crippen LogP contribution in [0, 0.1) is 0 Å². The average Bonchev–Trinajstić information content (AvgIpc) is 2.55. The van der Waals surface area contributed by atoms with Crippen LogP contribution in [-0.2, 0) is 16.8 Å². The maximum atomic E-state index is 12.3. The molecule has 0 fully saturated rings. The number of amides is 2. The van der Waals surface area contributed by atoms with E-state index in [4.69, 9.17) is 0 Å². The fourth-order valence-electron chi connectivity index (χ4n) is 2.29.